The largest absolute Gasteiger partial charge is 0.379 e. The topological polar surface area (TPSA) is 91.8 Å². The van der Waals surface area contributed by atoms with Crippen LogP contribution < -0.4 is 5.32 Å². The summed E-state index contributed by atoms with van der Waals surface area (Å²) in [5.74, 6) is 0. The van der Waals surface area contributed by atoms with Gasteiger partial charge in [0.25, 0.3) is 5.69 Å². The number of rotatable bonds is 4. The number of aromatic nitrogens is 1. The predicted octanol–water partition coefficient (Wildman–Crippen LogP) is 3.15. The zero-order chi connectivity index (χ0) is 14.7. The Morgan fingerprint density at radius 3 is 2.80 bits per heavy atom. The number of nitro benzene ring substituents is 1. The molecule has 0 aliphatic heterocycles. The van der Waals surface area contributed by atoms with Crippen molar-refractivity contribution in [1.82, 2.24) is 4.98 Å². The monoisotopic (exact) mass is 288 g/mol. The van der Waals surface area contributed by atoms with E-state index in [4.69, 9.17) is 5.26 Å². The van der Waals surface area contributed by atoms with E-state index in [-0.39, 0.29) is 11.3 Å². The maximum atomic E-state index is 10.7. The highest BCUT2D eigenvalue weighted by molar-refractivity contribution is 7.11. The van der Waals surface area contributed by atoms with Gasteiger partial charge < -0.3 is 5.32 Å². The van der Waals surface area contributed by atoms with Gasteiger partial charge in [0.2, 0.25) is 0 Å². The fourth-order valence-electron chi connectivity index (χ4n) is 1.81. The summed E-state index contributed by atoms with van der Waals surface area (Å²) in [4.78, 5) is 15.6. The molecule has 20 heavy (non-hydrogen) atoms. The van der Waals surface area contributed by atoms with Gasteiger partial charge in [-0.3, -0.25) is 10.1 Å². The van der Waals surface area contributed by atoms with Gasteiger partial charge in [0.1, 0.15) is 6.07 Å². The second-order valence-electron chi connectivity index (χ2n) is 4.19. The lowest BCUT2D eigenvalue weighted by Gasteiger charge is -2.07. The molecular formula is C13H12N4O2S. The second-order valence-corrected chi connectivity index (χ2v) is 5.48. The van der Waals surface area contributed by atoms with Crippen molar-refractivity contribution in [1.29, 1.82) is 5.26 Å². The number of benzene rings is 1. The molecule has 6 nitrogen and oxygen atoms in total. The van der Waals surface area contributed by atoms with Crippen molar-refractivity contribution in [3.8, 4) is 6.07 Å². The van der Waals surface area contributed by atoms with Crippen LogP contribution in [0, 0.1) is 35.3 Å². The molecule has 0 atom stereocenters. The Kier molecular flexibility index (Phi) is 3.96. The van der Waals surface area contributed by atoms with Gasteiger partial charge in [-0.05, 0) is 19.9 Å². The van der Waals surface area contributed by atoms with Crippen LogP contribution in [0.2, 0.25) is 0 Å². The molecule has 0 radical (unpaired) electrons. The molecule has 0 aliphatic rings. The third-order valence-electron chi connectivity index (χ3n) is 2.77. The Morgan fingerprint density at radius 1 is 1.50 bits per heavy atom. The van der Waals surface area contributed by atoms with Gasteiger partial charge in [-0.15, -0.1) is 11.3 Å². The summed E-state index contributed by atoms with van der Waals surface area (Å²) in [6.07, 6.45) is 0. The number of hydrogen-bond donors (Lipinski definition) is 1. The standard InChI is InChI=1S/C13H12N4O2S/c1-8-13(20-9(2)16-8)7-15-12-4-3-11(17(18)19)5-10(12)6-14/h3-5,15H,7H2,1-2H3. The number of aryl methyl sites for hydroxylation is 2. The Balaban J connectivity index is 2.20. The van der Waals surface area contributed by atoms with Crippen molar-refractivity contribution in [2.75, 3.05) is 5.32 Å². The zero-order valence-corrected chi connectivity index (χ0v) is 11.8. The molecule has 2 rings (SSSR count). The van der Waals surface area contributed by atoms with Crippen LogP contribution in [-0.4, -0.2) is 9.91 Å². The predicted molar refractivity (Wildman–Crippen MR) is 76.7 cm³/mol. The van der Waals surface area contributed by atoms with Crippen LogP contribution in [0.15, 0.2) is 18.2 Å². The minimum absolute atomic E-state index is 0.0862. The minimum atomic E-state index is -0.513. The molecule has 2 aromatic rings. The van der Waals surface area contributed by atoms with Gasteiger partial charge in [-0.2, -0.15) is 5.26 Å². The summed E-state index contributed by atoms with van der Waals surface area (Å²) in [6, 6.07) is 6.18. The number of thiazole rings is 1. The van der Waals surface area contributed by atoms with Gasteiger partial charge in [-0.25, -0.2) is 4.98 Å². The van der Waals surface area contributed by atoms with E-state index < -0.39 is 4.92 Å². The fourth-order valence-corrected chi connectivity index (χ4v) is 2.68. The molecule has 1 aromatic carbocycles. The van der Waals surface area contributed by atoms with Crippen LogP contribution in [0.4, 0.5) is 11.4 Å². The lowest BCUT2D eigenvalue weighted by Crippen LogP contribution is -2.01. The maximum Gasteiger partial charge on any atom is 0.270 e. The van der Waals surface area contributed by atoms with Gasteiger partial charge in [0, 0.05) is 17.0 Å². The average molecular weight is 288 g/mol. The Labute approximate surface area is 119 Å². The van der Waals surface area contributed by atoms with E-state index in [0.29, 0.717) is 12.2 Å². The van der Waals surface area contributed by atoms with Crippen LogP contribution in [0.1, 0.15) is 21.1 Å². The molecule has 0 saturated heterocycles. The third kappa shape index (κ3) is 2.92. The van der Waals surface area contributed by atoms with Crippen molar-refractivity contribution < 1.29 is 4.92 Å². The molecular weight excluding hydrogens is 276 g/mol. The van der Waals surface area contributed by atoms with E-state index in [9.17, 15) is 10.1 Å². The highest BCUT2D eigenvalue weighted by atomic mass is 32.1. The lowest BCUT2D eigenvalue weighted by atomic mass is 10.1. The van der Waals surface area contributed by atoms with Crippen LogP contribution >= 0.6 is 11.3 Å². The third-order valence-corrected chi connectivity index (χ3v) is 3.85. The molecule has 0 saturated carbocycles. The van der Waals surface area contributed by atoms with Gasteiger partial charge in [0.15, 0.2) is 0 Å². The van der Waals surface area contributed by atoms with Crippen molar-refractivity contribution in [3.63, 3.8) is 0 Å². The number of nitrogens with one attached hydrogen (secondary N) is 1. The summed E-state index contributed by atoms with van der Waals surface area (Å²) in [7, 11) is 0. The number of hydrogen-bond acceptors (Lipinski definition) is 6. The molecule has 1 N–H and O–H groups in total. The SMILES string of the molecule is Cc1nc(C)c(CNc2ccc([N+](=O)[O-])cc2C#N)s1. The smallest absolute Gasteiger partial charge is 0.270 e. The van der Waals surface area contributed by atoms with E-state index >= 15 is 0 Å². The minimum Gasteiger partial charge on any atom is -0.379 e. The molecule has 102 valence electrons. The molecule has 0 bridgehead atoms. The summed E-state index contributed by atoms with van der Waals surface area (Å²) < 4.78 is 0. The number of nitrogens with zero attached hydrogens (tertiary/aromatic N) is 3. The Bertz CT molecular complexity index is 703. The van der Waals surface area contributed by atoms with Crippen molar-refractivity contribution >= 4 is 22.7 Å². The molecule has 0 aliphatic carbocycles. The lowest BCUT2D eigenvalue weighted by molar-refractivity contribution is -0.384. The van der Waals surface area contributed by atoms with Gasteiger partial charge in [0.05, 0.1) is 33.4 Å². The highest BCUT2D eigenvalue weighted by Gasteiger charge is 2.11. The molecule has 1 heterocycles. The summed E-state index contributed by atoms with van der Waals surface area (Å²) >= 11 is 1.59. The first-order valence-corrected chi connectivity index (χ1v) is 6.68. The van der Waals surface area contributed by atoms with Crippen LogP contribution in [-0.2, 0) is 6.54 Å². The van der Waals surface area contributed by atoms with Crippen LogP contribution in [0.3, 0.4) is 0 Å². The van der Waals surface area contributed by atoms with E-state index in [1.165, 1.54) is 12.1 Å². The first kappa shape index (κ1) is 14.0. The van der Waals surface area contributed by atoms with E-state index in [2.05, 4.69) is 10.3 Å². The summed E-state index contributed by atoms with van der Waals surface area (Å²) in [5.41, 5.74) is 1.72. The first-order valence-electron chi connectivity index (χ1n) is 5.86. The number of nitriles is 1. The Hall–Kier alpha value is -2.46. The number of nitro groups is 1. The van der Waals surface area contributed by atoms with E-state index in [0.717, 1.165) is 15.6 Å². The molecule has 1 aromatic heterocycles. The average Bonchev–Trinajstić information content (AvgIpc) is 2.74. The number of non-ortho nitro benzene ring substituents is 1. The Morgan fingerprint density at radius 2 is 2.25 bits per heavy atom. The van der Waals surface area contributed by atoms with Crippen LogP contribution in [0.5, 0.6) is 0 Å². The summed E-state index contributed by atoms with van der Waals surface area (Å²) in [6.45, 7) is 4.42. The van der Waals surface area contributed by atoms with Crippen LogP contribution in [0.25, 0.3) is 0 Å². The molecule has 0 fully saturated rings. The van der Waals surface area contributed by atoms with Crippen molar-refractivity contribution in [2.45, 2.75) is 20.4 Å². The van der Waals surface area contributed by atoms with E-state index in [1.54, 1.807) is 17.4 Å². The summed E-state index contributed by atoms with van der Waals surface area (Å²) in [5, 5.41) is 23.8. The van der Waals surface area contributed by atoms with Gasteiger partial charge >= 0.3 is 0 Å². The molecule has 0 spiro atoms. The zero-order valence-electron chi connectivity index (χ0n) is 11.0. The fraction of sp³-hybridized carbons (Fsp3) is 0.231. The normalized spacial score (nSPS) is 10.1. The second kappa shape index (κ2) is 5.67. The van der Waals surface area contributed by atoms with Crippen molar-refractivity contribution in [3.05, 3.63) is 49.5 Å². The quantitative estimate of drug-likeness (QED) is 0.689. The van der Waals surface area contributed by atoms with Crippen molar-refractivity contribution in [2.24, 2.45) is 0 Å². The molecule has 7 heteroatoms. The van der Waals surface area contributed by atoms with Gasteiger partial charge in [-0.1, -0.05) is 0 Å². The molecule has 0 unspecified atom stereocenters. The van der Waals surface area contributed by atoms with E-state index in [1.807, 2.05) is 19.9 Å². The highest BCUT2D eigenvalue weighted by Crippen LogP contribution is 2.23. The number of anilines is 1. The molecule has 0 amide bonds. The maximum absolute atomic E-state index is 10.7. The first-order chi connectivity index (χ1) is 9.51.